The molecule has 110 valence electrons. The van der Waals surface area contributed by atoms with Gasteiger partial charge >= 0.3 is 0 Å². The van der Waals surface area contributed by atoms with E-state index in [4.69, 9.17) is 0 Å². The fourth-order valence-electron chi connectivity index (χ4n) is 2.48. The van der Waals surface area contributed by atoms with Crippen LogP contribution in [0.15, 0.2) is 73.6 Å². The van der Waals surface area contributed by atoms with Gasteiger partial charge in [-0.15, -0.1) is 0 Å². The predicted octanol–water partition coefficient (Wildman–Crippen LogP) is 3.99. The van der Waals surface area contributed by atoms with E-state index in [1.807, 2.05) is 59.6 Å². The molecular formula is C19H14N4. The Labute approximate surface area is 133 Å². The van der Waals surface area contributed by atoms with Crippen LogP contribution in [-0.4, -0.2) is 19.5 Å². The second-order valence-corrected chi connectivity index (χ2v) is 5.18. The molecule has 0 N–H and O–H groups in total. The van der Waals surface area contributed by atoms with Crippen LogP contribution in [-0.2, 0) is 0 Å². The Morgan fingerprint density at radius 1 is 0.739 bits per heavy atom. The zero-order valence-electron chi connectivity index (χ0n) is 12.4. The Morgan fingerprint density at radius 2 is 1.57 bits per heavy atom. The van der Waals surface area contributed by atoms with Crippen LogP contribution in [0.25, 0.3) is 28.9 Å². The summed E-state index contributed by atoms with van der Waals surface area (Å²) in [5.41, 5.74) is 3.23. The van der Waals surface area contributed by atoms with Gasteiger partial charge in [-0.2, -0.15) is 0 Å². The van der Waals surface area contributed by atoms with E-state index in [9.17, 15) is 0 Å². The summed E-state index contributed by atoms with van der Waals surface area (Å²) in [6.07, 6.45) is 15.2. The number of nitrogens with zero attached hydrogens (tertiary/aromatic N) is 4. The quantitative estimate of drug-likeness (QED) is 0.574. The number of aromatic nitrogens is 4. The average molecular weight is 298 g/mol. The largest absolute Gasteiger partial charge is 0.300 e. The van der Waals surface area contributed by atoms with E-state index in [0.717, 1.165) is 27.8 Å². The van der Waals surface area contributed by atoms with Crippen molar-refractivity contribution in [3.63, 3.8) is 0 Å². The molecule has 0 aliphatic rings. The Bertz CT molecular complexity index is 954. The van der Waals surface area contributed by atoms with E-state index in [1.165, 1.54) is 0 Å². The highest BCUT2D eigenvalue weighted by Gasteiger charge is 2.03. The van der Waals surface area contributed by atoms with Crippen LogP contribution in [0, 0.1) is 0 Å². The number of pyridine rings is 3. The minimum atomic E-state index is 0.883. The summed E-state index contributed by atoms with van der Waals surface area (Å²) in [6.45, 7) is 0. The Kier molecular flexibility index (Phi) is 3.41. The van der Waals surface area contributed by atoms with Crippen molar-refractivity contribution in [1.29, 1.82) is 0 Å². The van der Waals surface area contributed by atoms with Crippen molar-refractivity contribution in [2.75, 3.05) is 0 Å². The van der Waals surface area contributed by atoms with Crippen LogP contribution >= 0.6 is 0 Å². The Balaban J connectivity index is 1.62. The summed E-state index contributed by atoms with van der Waals surface area (Å²) in [6, 6.07) is 12.1. The second kappa shape index (κ2) is 5.85. The molecule has 0 atom stereocenters. The standard InChI is InChI=1S/C19H14N4/c1(15-5-9-20-10-6-15)2-16-3-4-19(22-13-16)23-12-8-17-7-11-21-14-18(17)23/h1-14H. The zero-order valence-corrected chi connectivity index (χ0v) is 12.4. The van der Waals surface area contributed by atoms with Gasteiger partial charge in [0, 0.05) is 36.4 Å². The molecule has 0 aromatic carbocycles. The Hall–Kier alpha value is -3.27. The summed E-state index contributed by atoms with van der Waals surface area (Å²) in [5, 5.41) is 1.16. The zero-order chi connectivity index (χ0) is 15.5. The molecule has 0 amide bonds. The van der Waals surface area contributed by atoms with Crippen molar-refractivity contribution in [3.05, 3.63) is 84.7 Å². The van der Waals surface area contributed by atoms with Crippen LogP contribution in [0.3, 0.4) is 0 Å². The van der Waals surface area contributed by atoms with Gasteiger partial charge in [0.15, 0.2) is 0 Å². The van der Waals surface area contributed by atoms with Crippen molar-refractivity contribution in [2.24, 2.45) is 0 Å². The second-order valence-electron chi connectivity index (χ2n) is 5.18. The summed E-state index contributed by atoms with van der Waals surface area (Å²) < 4.78 is 2.04. The lowest BCUT2D eigenvalue weighted by atomic mass is 10.2. The van der Waals surface area contributed by atoms with Crippen LogP contribution in [0.4, 0.5) is 0 Å². The average Bonchev–Trinajstić information content (AvgIpc) is 3.05. The first-order valence-electron chi connectivity index (χ1n) is 7.36. The number of hydrogen-bond donors (Lipinski definition) is 0. The van der Waals surface area contributed by atoms with E-state index in [0.29, 0.717) is 0 Å². The number of fused-ring (bicyclic) bond motifs is 1. The van der Waals surface area contributed by atoms with Crippen molar-refractivity contribution in [1.82, 2.24) is 19.5 Å². The third-order valence-corrected chi connectivity index (χ3v) is 3.69. The maximum Gasteiger partial charge on any atom is 0.137 e. The molecule has 0 spiro atoms. The molecule has 23 heavy (non-hydrogen) atoms. The van der Waals surface area contributed by atoms with Crippen molar-refractivity contribution >= 4 is 23.1 Å². The molecule has 0 saturated carbocycles. The molecule has 0 saturated heterocycles. The van der Waals surface area contributed by atoms with Crippen molar-refractivity contribution in [2.45, 2.75) is 0 Å². The normalized spacial score (nSPS) is 11.3. The third-order valence-electron chi connectivity index (χ3n) is 3.69. The molecule has 0 aliphatic carbocycles. The van der Waals surface area contributed by atoms with Gasteiger partial charge in [-0.3, -0.25) is 14.5 Å². The maximum absolute atomic E-state index is 4.56. The van der Waals surface area contributed by atoms with Crippen molar-refractivity contribution in [3.8, 4) is 5.82 Å². The molecule has 0 radical (unpaired) electrons. The number of hydrogen-bond acceptors (Lipinski definition) is 3. The molecule has 4 aromatic rings. The Morgan fingerprint density at radius 3 is 2.39 bits per heavy atom. The molecule has 0 aliphatic heterocycles. The maximum atomic E-state index is 4.56. The molecule has 4 heteroatoms. The third kappa shape index (κ3) is 2.74. The first-order chi connectivity index (χ1) is 11.4. The van der Waals surface area contributed by atoms with Gasteiger partial charge in [0.1, 0.15) is 5.82 Å². The van der Waals surface area contributed by atoms with Gasteiger partial charge in [0.25, 0.3) is 0 Å². The van der Waals surface area contributed by atoms with Crippen molar-refractivity contribution < 1.29 is 0 Å². The summed E-state index contributed by atoms with van der Waals surface area (Å²) >= 11 is 0. The predicted molar refractivity (Wildman–Crippen MR) is 92.0 cm³/mol. The highest BCUT2D eigenvalue weighted by molar-refractivity contribution is 5.80. The molecule has 0 fully saturated rings. The monoisotopic (exact) mass is 298 g/mol. The van der Waals surface area contributed by atoms with Gasteiger partial charge < -0.3 is 0 Å². The van der Waals surface area contributed by atoms with Gasteiger partial charge in [-0.1, -0.05) is 12.2 Å². The van der Waals surface area contributed by atoms with E-state index >= 15 is 0 Å². The molecule has 4 heterocycles. The summed E-state index contributed by atoms with van der Waals surface area (Å²) in [5.74, 6) is 0.883. The van der Waals surface area contributed by atoms with E-state index in [1.54, 1.807) is 18.6 Å². The molecule has 0 bridgehead atoms. The lowest BCUT2D eigenvalue weighted by Crippen LogP contribution is -1.95. The highest BCUT2D eigenvalue weighted by atomic mass is 15.1. The van der Waals surface area contributed by atoms with Crippen LogP contribution in [0.1, 0.15) is 11.1 Å². The van der Waals surface area contributed by atoms with Gasteiger partial charge in [0.2, 0.25) is 0 Å². The molecule has 0 unspecified atom stereocenters. The smallest absolute Gasteiger partial charge is 0.137 e. The van der Waals surface area contributed by atoms with E-state index < -0.39 is 0 Å². The lowest BCUT2D eigenvalue weighted by Gasteiger charge is -2.04. The summed E-state index contributed by atoms with van der Waals surface area (Å²) in [4.78, 5) is 12.8. The topological polar surface area (TPSA) is 43.6 Å². The lowest BCUT2D eigenvalue weighted by molar-refractivity contribution is 1.04. The summed E-state index contributed by atoms with van der Waals surface area (Å²) in [7, 11) is 0. The minimum Gasteiger partial charge on any atom is -0.300 e. The first-order valence-corrected chi connectivity index (χ1v) is 7.36. The minimum absolute atomic E-state index is 0.883. The van der Waals surface area contributed by atoms with E-state index in [2.05, 4.69) is 27.1 Å². The van der Waals surface area contributed by atoms with Crippen LogP contribution < -0.4 is 0 Å². The van der Waals surface area contributed by atoms with Gasteiger partial charge in [0.05, 0.1) is 11.7 Å². The molecular weight excluding hydrogens is 284 g/mol. The fourth-order valence-corrected chi connectivity index (χ4v) is 2.48. The molecule has 4 rings (SSSR count). The highest BCUT2D eigenvalue weighted by Crippen LogP contribution is 2.18. The van der Waals surface area contributed by atoms with Crippen LogP contribution in [0.2, 0.25) is 0 Å². The van der Waals surface area contributed by atoms with Crippen LogP contribution in [0.5, 0.6) is 0 Å². The van der Waals surface area contributed by atoms with Gasteiger partial charge in [-0.05, 0) is 47.5 Å². The fraction of sp³-hybridized carbons (Fsp3) is 0. The molecule has 4 aromatic heterocycles. The van der Waals surface area contributed by atoms with E-state index in [-0.39, 0.29) is 0 Å². The first kappa shape index (κ1) is 13.4. The number of rotatable bonds is 3. The van der Waals surface area contributed by atoms with Gasteiger partial charge in [-0.25, -0.2) is 4.98 Å². The molecule has 4 nitrogen and oxygen atoms in total. The SMILES string of the molecule is C(=Cc1ccc(-n2ccc3ccncc32)nc1)c1ccncc1.